The van der Waals surface area contributed by atoms with Gasteiger partial charge < -0.3 is 20.0 Å². The van der Waals surface area contributed by atoms with E-state index in [9.17, 15) is 19.7 Å². The normalized spacial score (nSPS) is 13.3. The van der Waals surface area contributed by atoms with Gasteiger partial charge in [-0.3, -0.25) is 19.7 Å². The Morgan fingerprint density at radius 2 is 1.64 bits per heavy atom. The molecular weight excluding hydrogens is 458 g/mol. The number of nitro benzene ring substituents is 1. The van der Waals surface area contributed by atoms with E-state index >= 15 is 0 Å². The quantitative estimate of drug-likeness (QED) is 0.397. The Balaban J connectivity index is 1.42. The van der Waals surface area contributed by atoms with Crippen molar-refractivity contribution >= 4 is 34.6 Å². The van der Waals surface area contributed by atoms with Crippen LogP contribution in [0.4, 0.5) is 22.7 Å². The van der Waals surface area contributed by atoms with Crippen molar-refractivity contribution in [2.75, 3.05) is 48.3 Å². The van der Waals surface area contributed by atoms with E-state index in [1.165, 1.54) is 18.6 Å². The molecule has 1 saturated heterocycles. The molecule has 0 spiro atoms. The molecule has 1 aliphatic heterocycles. The highest BCUT2D eigenvalue weighted by atomic mass is 16.6. The summed E-state index contributed by atoms with van der Waals surface area (Å²) in [4.78, 5) is 41.4. The lowest BCUT2D eigenvalue weighted by Crippen LogP contribution is -2.48. The second-order valence-corrected chi connectivity index (χ2v) is 8.80. The molecule has 0 saturated carbocycles. The summed E-state index contributed by atoms with van der Waals surface area (Å²) in [7, 11) is 2.00. The fourth-order valence-corrected chi connectivity index (χ4v) is 4.29. The number of nitrogens with one attached hydrogen (secondary N) is 1. The molecule has 0 aliphatic carbocycles. The summed E-state index contributed by atoms with van der Waals surface area (Å²) in [5.41, 5.74) is 3.33. The topological polar surface area (TPSA) is 99.0 Å². The number of carbonyl (C=O) groups is 2. The lowest BCUT2D eigenvalue weighted by molar-refractivity contribution is -0.384. The Kier molecular flexibility index (Phi) is 7.48. The van der Waals surface area contributed by atoms with E-state index in [-0.39, 0.29) is 17.2 Å². The van der Waals surface area contributed by atoms with Crippen LogP contribution in [0.5, 0.6) is 0 Å². The van der Waals surface area contributed by atoms with Gasteiger partial charge in [-0.1, -0.05) is 30.3 Å². The van der Waals surface area contributed by atoms with Crippen molar-refractivity contribution in [2.45, 2.75) is 13.5 Å². The first-order valence-corrected chi connectivity index (χ1v) is 11.8. The molecule has 1 fully saturated rings. The van der Waals surface area contributed by atoms with E-state index in [0.29, 0.717) is 37.6 Å². The maximum absolute atomic E-state index is 12.9. The van der Waals surface area contributed by atoms with Gasteiger partial charge in [0.05, 0.1) is 4.92 Å². The van der Waals surface area contributed by atoms with Crippen LogP contribution in [0.15, 0.2) is 72.8 Å². The zero-order valence-electron chi connectivity index (χ0n) is 20.4. The molecule has 0 aromatic heterocycles. The number of benzene rings is 3. The fraction of sp³-hybridized carbons (Fsp3) is 0.259. The number of nitrogens with zero attached hydrogens (tertiary/aromatic N) is 4. The fourth-order valence-electron chi connectivity index (χ4n) is 4.29. The Morgan fingerprint density at radius 1 is 0.972 bits per heavy atom. The molecule has 2 amide bonds. The number of amides is 2. The van der Waals surface area contributed by atoms with Crippen LogP contribution in [-0.2, 0) is 11.3 Å². The molecule has 0 unspecified atom stereocenters. The van der Waals surface area contributed by atoms with Gasteiger partial charge in [-0.05, 0) is 42.0 Å². The van der Waals surface area contributed by atoms with Crippen LogP contribution in [0.2, 0.25) is 0 Å². The average molecular weight is 488 g/mol. The Morgan fingerprint density at radius 3 is 2.25 bits per heavy atom. The van der Waals surface area contributed by atoms with Gasteiger partial charge in [-0.15, -0.1) is 0 Å². The SMILES string of the molecule is CC(=O)N1CCN(c2ccc(C(=O)Nc3ccc(N(C)Cc4ccccc4)cc3)cc2[N+](=O)[O-])CC1. The Labute approximate surface area is 210 Å². The number of hydrogen-bond donors (Lipinski definition) is 1. The van der Waals surface area contributed by atoms with Crippen LogP contribution in [0.3, 0.4) is 0 Å². The van der Waals surface area contributed by atoms with Crippen molar-refractivity contribution in [2.24, 2.45) is 0 Å². The Bertz CT molecular complexity index is 1240. The molecular formula is C27H29N5O4. The highest BCUT2D eigenvalue weighted by molar-refractivity contribution is 6.05. The molecule has 1 aliphatic rings. The van der Waals surface area contributed by atoms with Crippen LogP contribution < -0.4 is 15.1 Å². The third kappa shape index (κ3) is 5.80. The van der Waals surface area contributed by atoms with Gasteiger partial charge in [-0.25, -0.2) is 0 Å². The van der Waals surface area contributed by atoms with Gasteiger partial charge in [0.2, 0.25) is 5.91 Å². The average Bonchev–Trinajstić information content (AvgIpc) is 2.89. The standard InChI is InChI=1S/C27H29N5O4/c1-20(33)30-14-16-31(17-15-30)25-13-8-22(18-26(25)32(35)36)27(34)28-23-9-11-24(12-10-23)29(2)19-21-6-4-3-5-7-21/h3-13,18H,14-17,19H2,1-2H3,(H,28,34). The van der Waals surface area contributed by atoms with Crippen LogP contribution >= 0.6 is 0 Å². The maximum Gasteiger partial charge on any atom is 0.293 e. The van der Waals surface area contributed by atoms with E-state index < -0.39 is 10.8 Å². The number of rotatable bonds is 7. The lowest BCUT2D eigenvalue weighted by atomic mass is 10.1. The minimum absolute atomic E-state index is 0.00737. The maximum atomic E-state index is 12.9. The Hall–Kier alpha value is -4.40. The van der Waals surface area contributed by atoms with Gasteiger partial charge in [0.25, 0.3) is 11.6 Å². The number of nitro groups is 1. The number of hydrogen-bond acceptors (Lipinski definition) is 6. The summed E-state index contributed by atoms with van der Waals surface area (Å²) < 4.78 is 0. The summed E-state index contributed by atoms with van der Waals surface area (Å²) in [5, 5.41) is 14.6. The van der Waals surface area contributed by atoms with Crippen molar-refractivity contribution in [1.82, 2.24) is 4.90 Å². The lowest BCUT2D eigenvalue weighted by Gasteiger charge is -2.35. The van der Waals surface area contributed by atoms with Gasteiger partial charge in [0, 0.05) is 69.7 Å². The monoisotopic (exact) mass is 487 g/mol. The van der Waals surface area contributed by atoms with E-state index in [0.717, 1.165) is 12.2 Å². The summed E-state index contributed by atoms with van der Waals surface area (Å²) in [5.74, 6) is -0.427. The predicted molar refractivity (Wildman–Crippen MR) is 141 cm³/mol. The molecule has 9 heteroatoms. The molecule has 9 nitrogen and oxygen atoms in total. The summed E-state index contributed by atoms with van der Waals surface area (Å²) in [6, 6.07) is 22.1. The van der Waals surface area contributed by atoms with Gasteiger partial charge in [0.15, 0.2) is 0 Å². The van der Waals surface area contributed by atoms with Crippen molar-refractivity contribution in [3.8, 4) is 0 Å². The first-order valence-electron chi connectivity index (χ1n) is 11.8. The first-order chi connectivity index (χ1) is 17.3. The van der Waals surface area contributed by atoms with Crippen molar-refractivity contribution in [3.05, 3.63) is 94.0 Å². The third-order valence-corrected chi connectivity index (χ3v) is 6.33. The minimum atomic E-state index is -0.471. The van der Waals surface area contributed by atoms with E-state index in [4.69, 9.17) is 0 Å². The summed E-state index contributed by atoms with van der Waals surface area (Å²) >= 11 is 0. The molecule has 0 atom stereocenters. The molecule has 1 N–H and O–H groups in total. The molecule has 3 aromatic carbocycles. The van der Waals surface area contributed by atoms with Crippen LogP contribution in [-0.4, -0.2) is 54.9 Å². The molecule has 3 aromatic rings. The number of piperazine rings is 1. The smallest absolute Gasteiger partial charge is 0.293 e. The molecule has 1 heterocycles. The molecule has 0 radical (unpaired) electrons. The van der Waals surface area contributed by atoms with Crippen molar-refractivity contribution < 1.29 is 14.5 Å². The predicted octanol–water partition coefficient (Wildman–Crippen LogP) is 4.15. The number of carbonyl (C=O) groups excluding carboxylic acids is 2. The van der Waals surface area contributed by atoms with E-state index in [1.54, 1.807) is 17.0 Å². The minimum Gasteiger partial charge on any atom is -0.370 e. The largest absolute Gasteiger partial charge is 0.370 e. The number of anilines is 3. The zero-order valence-corrected chi connectivity index (χ0v) is 20.4. The summed E-state index contributed by atoms with van der Waals surface area (Å²) in [6.07, 6.45) is 0. The van der Waals surface area contributed by atoms with E-state index in [1.807, 2.05) is 54.4 Å². The molecule has 4 rings (SSSR count). The molecule has 186 valence electrons. The highest BCUT2D eigenvalue weighted by Crippen LogP contribution is 2.30. The van der Waals surface area contributed by atoms with Crippen molar-refractivity contribution in [1.29, 1.82) is 0 Å². The molecule has 0 bridgehead atoms. The second-order valence-electron chi connectivity index (χ2n) is 8.80. The zero-order chi connectivity index (χ0) is 25.7. The van der Waals surface area contributed by atoms with Gasteiger partial charge >= 0.3 is 0 Å². The van der Waals surface area contributed by atoms with Crippen LogP contribution in [0.25, 0.3) is 0 Å². The van der Waals surface area contributed by atoms with Gasteiger partial charge in [0.1, 0.15) is 5.69 Å². The van der Waals surface area contributed by atoms with Gasteiger partial charge in [-0.2, -0.15) is 0 Å². The van der Waals surface area contributed by atoms with Crippen molar-refractivity contribution in [3.63, 3.8) is 0 Å². The first kappa shape index (κ1) is 24.7. The second kappa shape index (κ2) is 10.9. The molecule has 36 heavy (non-hydrogen) atoms. The van der Waals surface area contributed by atoms with Crippen LogP contribution in [0.1, 0.15) is 22.8 Å². The third-order valence-electron chi connectivity index (χ3n) is 6.33. The van der Waals surface area contributed by atoms with E-state index in [2.05, 4.69) is 22.3 Å². The van der Waals surface area contributed by atoms with Crippen LogP contribution in [0, 0.1) is 10.1 Å². The highest BCUT2D eigenvalue weighted by Gasteiger charge is 2.26. The summed E-state index contributed by atoms with van der Waals surface area (Å²) in [6.45, 7) is 4.28.